The SMILES string of the molecule is C=CCNC(=O)COC(=O)CN1C(=O)NC2(CCC(C(C)(C)CC)CC2)C1=O. The van der Waals surface area contributed by atoms with E-state index in [0.717, 1.165) is 24.2 Å². The fourth-order valence-electron chi connectivity index (χ4n) is 3.90. The Kier molecular flexibility index (Phi) is 6.85. The van der Waals surface area contributed by atoms with E-state index in [0.29, 0.717) is 18.8 Å². The standard InChI is InChI=1S/C20H31N3O5/c1-5-11-21-15(24)13-28-16(25)12-23-17(26)20(22-18(23)27)9-7-14(8-10-20)19(3,4)6-2/h5,14H,1,6-13H2,2-4H3,(H,21,24)(H,22,27). The zero-order valence-corrected chi connectivity index (χ0v) is 17.0. The van der Waals surface area contributed by atoms with Crippen LogP contribution in [-0.2, 0) is 19.1 Å². The van der Waals surface area contributed by atoms with Gasteiger partial charge >= 0.3 is 12.0 Å². The smallest absolute Gasteiger partial charge is 0.326 e. The van der Waals surface area contributed by atoms with Crippen LogP contribution in [0.4, 0.5) is 4.79 Å². The first kappa shape index (κ1) is 21.9. The van der Waals surface area contributed by atoms with Gasteiger partial charge in [-0.05, 0) is 37.0 Å². The van der Waals surface area contributed by atoms with E-state index >= 15 is 0 Å². The molecule has 8 heteroatoms. The molecular weight excluding hydrogens is 362 g/mol. The monoisotopic (exact) mass is 393 g/mol. The third kappa shape index (κ3) is 4.72. The minimum atomic E-state index is -0.918. The topological polar surface area (TPSA) is 105 Å². The highest BCUT2D eigenvalue weighted by Crippen LogP contribution is 2.45. The third-order valence-corrected chi connectivity index (χ3v) is 6.20. The van der Waals surface area contributed by atoms with E-state index in [2.05, 4.69) is 38.0 Å². The Labute approximate surface area is 166 Å². The van der Waals surface area contributed by atoms with Crippen molar-refractivity contribution in [2.45, 2.75) is 58.4 Å². The second kappa shape index (κ2) is 8.75. The summed E-state index contributed by atoms with van der Waals surface area (Å²) >= 11 is 0. The van der Waals surface area contributed by atoms with Crippen molar-refractivity contribution in [3.63, 3.8) is 0 Å². The molecule has 0 aromatic heterocycles. The molecule has 1 saturated heterocycles. The Morgan fingerprint density at radius 2 is 2.00 bits per heavy atom. The minimum Gasteiger partial charge on any atom is -0.454 e. The van der Waals surface area contributed by atoms with Crippen LogP contribution in [0.5, 0.6) is 0 Å². The number of nitrogens with zero attached hydrogens (tertiary/aromatic N) is 1. The van der Waals surface area contributed by atoms with E-state index in [1.807, 2.05) is 0 Å². The number of ether oxygens (including phenoxy) is 1. The number of nitrogens with one attached hydrogen (secondary N) is 2. The van der Waals surface area contributed by atoms with E-state index in [1.54, 1.807) is 0 Å². The molecule has 2 N–H and O–H groups in total. The number of amides is 4. The molecule has 28 heavy (non-hydrogen) atoms. The summed E-state index contributed by atoms with van der Waals surface area (Å²) in [5, 5.41) is 5.27. The lowest BCUT2D eigenvalue weighted by Crippen LogP contribution is -2.51. The maximum absolute atomic E-state index is 12.9. The highest BCUT2D eigenvalue weighted by Gasteiger charge is 2.53. The number of hydrogen-bond acceptors (Lipinski definition) is 5. The summed E-state index contributed by atoms with van der Waals surface area (Å²) in [6.45, 7) is 9.41. The number of esters is 1. The lowest BCUT2D eigenvalue weighted by Gasteiger charge is -2.42. The normalized spacial score (nSPS) is 24.8. The van der Waals surface area contributed by atoms with Crippen LogP contribution in [0.25, 0.3) is 0 Å². The number of hydrogen-bond donors (Lipinski definition) is 2. The first-order valence-corrected chi connectivity index (χ1v) is 9.82. The van der Waals surface area contributed by atoms with Crippen LogP contribution < -0.4 is 10.6 Å². The summed E-state index contributed by atoms with van der Waals surface area (Å²) in [6, 6.07) is -0.578. The minimum absolute atomic E-state index is 0.197. The predicted octanol–water partition coefficient (Wildman–Crippen LogP) is 1.75. The molecule has 4 amide bonds. The Balaban J connectivity index is 1.90. The largest absolute Gasteiger partial charge is 0.454 e. The number of urea groups is 1. The Morgan fingerprint density at radius 1 is 1.36 bits per heavy atom. The highest BCUT2D eigenvalue weighted by atomic mass is 16.5. The summed E-state index contributed by atoms with van der Waals surface area (Å²) in [4.78, 5) is 49.5. The van der Waals surface area contributed by atoms with E-state index in [-0.39, 0.29) is 17.9 Å². The van der Waals surface area contributed by atoms with Gasteiger partial charge in [0, 0.05) is 6.54 Å². The van der Waals surface area contributed by atoms with Gasteiger partial charge in [0.05, 0.1) is 0 Å². The quantitative estimate of drug-likeness (QED) is 0.371. The maximum atomic E-state index is 12.9. The van der Waals surface area contributed by atoms with Crippen LogP contribution in [-0.4, -0.2) is 54.0 Å². The molecule has 2 rings (SSSR count). The van der Waals surface area contributed by atoms with Crippen molar-refractivity contribution in [2.75, 3.05) is 19.7 Å². The van der Waals surface area contributed by atoms with E-state index in [4.69, 9.17) is 4.74 Å². The second-order valence-corrected chi connectivity index (χ2v) is 8.27. The van der Waals surface area contributed by atoms with E-state index in [1.165, 1.54) is 6.08 Å². The van der Waals surface area contributed by atoms with Gasteiger partial charge in [-0.25, -0.2) is 4.79 Å². The molecule has 0 unspecified atom stereocenters. The van der Waals surface area contributed by atoms with Crippen LogP contribution >= 0.6 is 0 Å². The first-order valence-electron chi connectivity index (χ1n) is 9.82. The summed E-state index contributed by atoms with van der Waals surface area (Å²) < 4.78 is 4.85. The Bertz CT molecular complexity index is 650. The van der Waals surface area contributed by atoms with Crippen LogP contribution in [0.3, 0.4) is 0 Å². The molecule has 0 aromatic carbocycles. The van der Waals surface area contributed by atoms with E-state index in [9.17, 15) is 19.2 Å². The summed E-state index contributed by atoms with van der Waals surface area (Å²) in [5.74, 6) is -1.15. The van der Waals surface area contributed by atoms with Crippen molar-refractivity contribution in [3.8, 4) is 0 Å². The zero-order valence-electron chi connectivity index (χ0n) is 17.0. The molecule has 0 radical (unpaired) electrons. The highest BCUT2D eigenvalue weighted by molar-refractivity contribution is 6.08. The van der Waals surface area contributed by atoms with Crippen molar-refractivity contribution in [1.29, 1.82) is 0 Å². The molecule has 0 bridgehead atoms. The molecule has 8 nitrogen and oxygen atoms in total. The second-order valence-electron chi connectivity index (χ2n) is 8.27. The van der Waals surface area contributed by atoms with Crippen LogP contribution in [0, 0.1) is 11.3 Å². The average molecular weight is 393 g/mol. The van der Waals surface area contributed by atoms with Crippen molar-refractivity contribution in [2.24, 2.45) is 11.3 Å². The van der Waals surface area contributed by atoms with Crippen LogP contribution in [0.2, 0.25) is 0 Å². The molecule has 1 saturated carbocycles. The van der Waals surface area contributed by atoms with Crippen LogP contribution in [0.15, 0.2) is 12.7 Å². The molecule has 1 heterocycles. The summed E-state index contributed by atoms with van der Waals surface area (Å²) in [5.41, 5.74) is -0.720. The van der Waals surface area contributed by atoms with E-state index < -0.39 is 36.6 Å². The fourth-order valence-corrected chi connectivity index (χ4v) is 3.90. The molecule has 0 atom stereocenters. The van der Waals surface area contributed by atoms with Crippen molar-refractivity contribution in [1.82, 2.24) is 15.5 Å². The summed E-state index contributed by atoms with van der Waals surface area (Å²) in [6.07, 6.45) is 5.41. The summed E-state index contributed by atoms with van der Waals surface area (Å²) in [7, 11) is 0. The third-order valence-electron chi connectivity index (χ3n) is 6.20. The van der Waals surface area contributed by atoms with Gasteiger partial charge in [0.25, 0.3) is 11.8 Å². The van der Waals surface area contributed by atoms with Crippen LogP contribution in [0.1, 0.15) is 52.9 Å². The Morgan fingerprint density at radius 3 is 2.57 bits per heavy atom. The molecule has 1 aliphatic heterocycles. The average Bonchev–Trinajstić information content (AvgIpc) is 2.89. The lowest BCUT2D eigenvalue weighted by molar-refractivity contribution is -0.151. The van der Waals surface area contributed by atoms with Gasteiger partial charge < -0.3 is 15.4 Å². The predicted molar refractivity (Wildman–Crippen MR) is 103 cm³/mol. The van der Waals surface area contributed by atoms with Gasteiger partial charge in [-0.2, -0.15) is 0 Å². The number of carbonyl (C=O) groups excluding carboxylic acids is 4. The molecule has 156 valence electrons. The van der Waals surface area contributed by atoms with Gasteiger partial charge in [-0.1, -0.05) is 33.3 Å². The molecule has 1 spiro atoms. The number of rotatable bonds is 8. The zero-order chi connectivity index (χ0) is 20.9. The molecular formula is C20H31N3O5. The number of imide groups is 1. The molecule has 0 aromatic rings. The Hall–Kier alpha value is -2.38. The van der Waals surface area contributed by atoms with Crippen molar-refractivity contribution >= 4 is 23.8 Å². The molecule has 1 aliphatic carbocycles. The first-order chi connectivity index (χ1) is 13.1. The maximum Gasteiger partial charge on any atom is 0.326 e. The molecule has 2 aliphatic rings. The lowest BCUT2D eigenvalue weighted by atomic mass is 9.65. The van der Waals surface area contributed by atoms with Gasteiger partial charge in [-0.3, -0.25) is 19.3 Å². The van der Waals surface area contributed by atoms with Gasteiger partial charge in [0.15, 0.2) is 6.61 Å². The molecule has 2 fully saturated rings. The van der Waals surface area contributed by atoms with Gasteiger partial charge in [-0.15, -0.1) is 6.58 Å². The number of carbonyl (C=O) groups is 4. The van der Waals surface area contributed by atoms with Gasteiger partial charge in [0.2, 0.25) is 0 Å². The van der Waals surface area contributed by atoms with Crippen molar-refractivity contribution in [3.05, 3.63) is 12.7 Å². The fraction of sp³-hybridized carbons (Fsp3) is 0.700. The van der Waals surface area contributed by atoms with Crippen molar-refractivity contribution < 1.29 is 23.9 Å². The van der Waals surface area contributed by atoms with Gasteiger partial charge in [0.1, 0.15) is 12.1 Å².